The van der Waals surface area contributed by atoms with Crippen LogP contribution in [-0.2, 0) is 10.0 Å². The molecule has 0 aliphatic rings. The van der Waals surface area contributed by atoms with E-state index in [4.69, 9.17) is 5.73 Å². The zero-order valence-corrected chi connectivity index (χ0v) is 10.7. The molecule has 0 fully saturated rings. The summed E-state index contributed by atoms with van der Waals surface area (Å²) in [6.07, 6.45) is 0. The summed E-state index contributed by atoms with van der Waals surface area (Å²) in [7, 11) is -4.12. The van der Waals surface area contributed by atoms with Crippen molar-refractivity contribution in [3.05, 3.63) is 53.8 Å². The van der Waals surface area contributed by atoms with E-state index in [0.717, 1.165) is 0 Å². The highest BCUT2D eigenvalue weighted by Crippen LogP contribution is 2.22. The summed E-state index contributed by atoms with van der Waals surface area (Å²) in [5.74, 6) is -3.98. The molecule has 0 spiro atoms. The lowest BCUT2D eigenvalue weighted by atomic mass is 10.3. The number of anilines is 2. The number of hydrogen-bond acceptors (Lipinski definition) is 3. The lowest BCUT2D eigenvalue weighted by Crippen LogP contribution is -2.14. The highest BCUT2D eigenvalue weighted by Gasteiger charge is 2.18. The monoisotopic (exact) mass is 302 g/mol. The van der Waals surface area contributed by atoms with Gasteiger partial charge in [0.05, 0.1) is 10.6 Å². The Morgan fingerprint density at radius 3 is 2.05 bits per heavy atom. The van der Waals surface area contributed by atoms with E-state index in [1.165, 1.54) is 24.3 Å². The summed E-state index contributed by atoms with van der Waals surface area (Å²) in [4.78, 5) is -0.184. The molecule has 0 unspecified atom stereocenters. The maximum absolute atomic E-state index is 13.4. The van der Waals surface area contributed by atoms with E-state index in [2.05, 4.69) is 0 Å². The highest BCUT2D eigenvalue weighted by atomic mass is 32.2. The van der Waals surface area contributed by atoms with Crippen LogP contribution in [0.3, 0.4) is 0 Å². The maximum Gasteiger partial charge on any atom is 0.261 e. The molecular weight excluding hydrogens is 293 g/mol. The van der Waals surface area contributed by atoms with Gasteiger partial charge in [-0.25, -0.2) is 21.6 Å². The molecular formula is C12H9F3N2O2S. The van der Waals surface area contributed by atoms with Crippen molar-refractivity contribution in [1.82, 2.24) is 0 Å². The first-order valence-corrected chi connectivity index (χ1v) is 6.81. The normalized spacial score (nSPS) is 11.3. The summed E-state index contributed by atoms with van der Waals surface area (Å²) >= 11 is 0. The molecule has 0 amide bonds. The number of nitrogen functional groups attached to an aromatic ring is 1. The average molecular weight is 302 g/mol. The zero-order chi connectivity index (χ0) is 14.9. The topological polar surface area (TPSA) is 72.2 Å². The van der Waals surface area contributed by atoms with Crippen molar-refractivity contribution < 1.29 is 21.6 Å². The van der Waals surface area contributed by atoms with Gasteiger partial charge < -0.3 is 5.73 Å². The fraction of sp³-hybridized carbons (Fsp3) is 0. The van der Waals surface area contributed by atoms with Gasteiger partial charge in [-0.1, -0.05) is 0 Å². The van der Waals surface area contributed by atoms with Crippen molar-refractivity contribution >= 4 is 21.4 Å². The number of hydrogen-bond donors (Lipinski definition) is 2. The Bertz CT molecular complexity index is 746. The van der Waals surface area contributed by atoms with Gasteiger partial charge >= 0.3 is 0 Å². The quantitative estimate of drug-likeness (QED) is 0.676. The molecule has 2 aromatic rings. The Balaban J connectivity index is 2.38. The van der Waals surface area contributed by atoms with Crippen LogP contribution in [0.25, 0.3) is 0 Å². The number of nitrogens with one attached hydrogen (secondary N) is 1. The molecule has 0 saturated carbocycles. The second-order valence-corrected chi connectivity index (χ2v) is 5.60. The number of rotatable bonds is 3. The molecule has 0 aliphatic heterocycles. The van der Waals surface area contributed by atoms with Gasteiger partial charge in [0.1, 0.15) is 5.82 Å². The summed E-state index contributed by atoms with van der Waals surface area (Å²) < 4.78 is 64.8. The third kappa shape index (κ3) is 2.85. The fourth-order valence-electron chi connectivity index (χ4n) is 1.45. The van der Waals surface area contributed by atoms with Crippen molar-refractivity contribution in [3.8, 4) is 0 Å². The standard InChI is InChI=1S/C12H9F3N2O2S/c13-9-5-11(15)12(6-10(9)14)17-20(18,19)8-3-1-7(16)2-4-8/h1-6,17H,16H2. The average Bonchev–Trinajstić information content (AvgIpc) is 2.36. The van der Waals surface area contributed by atoms with Gasteiger partial charge in [-0.15, -0.1) is 0 Å². The van der Waals surface area contributed by atoms with Gasteiger partial charge in [-0.05, 0) is 24.3 Å². The molecule has 106 valence electrons. The molecule has 20 heavy (non-hydrogen) atoms. The third-order valence-electron chi connectivity index (χ3n) is 2.44. The van der Waals surface area contributed by atoms with Crippen LogP contribution in [-0.4, -0.2) is 8.42 Å². The lowest BCUT2D eigenvalue weighted by Gasteiger charge is -2.09. The van der Waals surface area contributed by atoms with Crippen LogP contribution in [0.15, 0.2) is 41.3 Å². The van der Waals surface area contributed by atoms with E-state index in [-0.39, 0.29) is 11.0 Å². The second kappa shape index (κ2) is 5.04. The molecule has 0 aromatic heterocycles. The number of halogens is 3. The second-order valence-electron chi connectivity index (χ2n) is 3.92. The first-order valence-electron chi connectivity index (χ1n) is 5.32. The van der Waals surface area contributed by atoms with Crippen LogP contribution in [0.2, 0.25) is 0 Å². The smallest absolute Gasteiger partial charge is 0.261 e. The molecule has 0 heterocycles. The SMILES string of the molecule is Nc1ccc(S(=O)(=O)Nc2cc(F)c(F)cc2F)cc1. The van der Waals surface area contributed by atoms with Gasteiger partial charge in [0, 0.05) is 17.8 Å². The Labute approximate surface area is 113 Å². The summed E-state index contributed by atoms with van der Waals surface area (Å²) in [6, 6.07) is 5.78. The Morgan fingerprint density at radius 1 is 0.900 bits per heavy atom. The zero-order valence-electron chi connectivity index (χ0n) is 9.90. The molecule has 4 nitrogen and oxygen atoms in total. The summed E-state index contributed by atoms with van der Waals surface area (Å²) in [5.41, 5.74) is 5.09. The van der Waals surface area contributed by atoms with Gasteiger partial charge in [0.15, 0.2) is 11.6 Å². The van der Waals surface area contributed by atoms with Gasteiger partial charge in [-0.2, -0.15) is 0 Å². The maximum atomic E-state index is 13.4. The molecule has 8 heteroatoms. The Morgan fingerprint density at radius 2 is 1.45 bits per heavy atom. The van der Waals surface area contributed by atoms with Crippen LogP contribution < -0.4 is 10.5 Å². The summed E-state index contributed by atoms with van der Waals surface area (Å²) in [5, 5.41) is 0. The van der Waals surface area contributed by atoms with Gasteiger partial charge in [-0.3, -0.25) is 4.72 Å². The minimum Gasteiger partial charge on any atom is -0.399 e. The first-order chi connectivity index (χ1) is 9.29. The molecule has 0 saturated heterocycles. The molecule has 0 aliphatic carbocycles. The number of nitrogens with two attached hydrogens (primary N) is 1. The van der Waals surface area contributed by atoms with Crippen LogP contribution >= 0.6 is 0 Å². The number of benzene rings is 2. The number of sulfonamides is 1. The van der Waals surface area contributed by atoms with Crippen molar-refractivity contribution in [2.75, 3.05) is 10.5 Å². The third-order valence-corrected chi connectivity index (χ3v) is 3.83. The minimum atomic E-state index is -4.12. The summed E-state index contributed by atoms with van der Waals surface area (Å²) in [6.45, 7) is 0. The first kappa shape index (κ1) is 14.2. The van der Waals surface area contributed by atoms with Crippen molar-refractivity contribution in [2.45, 2.75) is 4.90 Å². The minimum absolute atomic E-state index is 0.184. The predicted molar refractivity (Wildman–Crippen MR) is 68.0 cm³/mol. The van der Waals surface area contributed by atoms with Gasteiger partial charge in [0.25, 0.3) is 10.0 Å². The fourth-order valence-corrected chi connectivity index (χ4v) is 2.51. The van der Waals surface area contributed by atoms with Gasteiger partial charge in [0.2, 0.25) is 0 Å². The van der Waals surface area contributed by atoms with E-state index in [9.17, 15) is 21.6 Å². The van der Waals surface area contributed by atoms with E-state index in [1.807, 2.05) is 4.72 Å². The lowest BCUT2D eigenvalue weighted by molar-refractivity contribution is 0.496. The van der Waals surface area contributed by atoms with Crippen molar-refractivity contribution in [2.24, 2.45) is 0 Å². The molecule has 2 aromatic carbocycles. The van der Waals surface area contributed by atoms with Crippen molar-refractivity contribution in [1.29, 1.82) is 0 Å². The largest absolute Gasteiger partial charge is 0.399 e. The van der Waals surface area contributed by atoms with E-state index >= 15 is 0 Å². The molecule has 0 atom stereocenters. The van der Waals surface area contributed by atoms with Crippen LogP contribution in [0.5, 0.6) is 0 Å². The van der Waals surface area contributed by atoms with Crippen LogP contribution in [0.1, 0.15) is 0 Å². The van der Waals surface area contributed by atoms with Crippen LogP contribution in [0.4, 0.5) is 24.5 Å². The van der Waals surface area contributed by atoms with E-state index in [0.29, 0.717) is 11.8 Å². The van der Waals surface area contributed by atoms with E-state index in [1.54, 1.807) is 0 Å². The Kier molecular flexibility index (Phi) is 3.58. The molecule has 2 rings (SSSR count). The Hall–Kier alpha value is -2.22. The highest BCUT2D eigenvalue weighted by molar-refractivity contribution is 7.92. The molecule has 3 N–H and O–H groups in total. The van der Waals surface area contributed by atoms with E-state index < -0.39 is 33.2 Å². The molecule has 0 bridgehead atoms. The van der Waals surface area contributed by atoms with Crippen LogP contribution in [0, 0.1) is 17.5 Å². The molecule has 0 radical (unpaired) electrons. The predicted octanol–water partition coefficient (Wildman–Crippen LogP) is 2.49. The van der Waals surface area contributed by atoms with Crippen molar-refractivity contribution in [3.63, 3.8) is 0 Å².